The van der Waals surface area contributed by atoms with Gasteiger partial charge in [0.2, 0.25) is 0 Å². The van der Waals surface area contributed by atoms with E-state index in [4.69, 9.17) is 5.11 Å². The van der Waals surface area contributed by atoms with E-state index in [0.29, 0.717) is 5.69 Å². The zero-order valence-corrected chi connectivity index (χ0v) is 11.8. The number of hydrogen-bond donors (Lipinski definition) is 2. The molecule has 0 spiro atoms. The average molecular weight is 295 g/mol. The third-order valence-electron chi connectivity index (χ3n) is 3.39. The molecule has 0 aliphatic rings. The molecule has 3 rings (SSSR count). The Hall–Kier alpha value is -3.15. The zero-order chi connectivity index (χ0) is 15.7. The minimum atomic E-state index is -1.18. The van der Waals surface area contributed by atoms with Gasteiger partial charge in [0.05, 0.1) is 6.20 Å². The molecule has 22 heavy (non-hydrogen) atoms. The number of carbonyl (C=O) groups is 2. The predicted octanol–water partition coefficient (Wildman–Crippen LogP) is 2.52. The van der Waals surface area contributed by atoms with Crippen molar-refractivity contribution in [2.75, 3.05) is 5.32 Å². The molecule has 0 saturated heterocycles. The van der Waals surface area contributed by atoms with Crippen molar-refractivity contribution in [3.05, 3.63) is 59.9 Å². The number of carboxylic acids is 1. The fourth-order valence-corrected chi connectivity index (χ4v) is 2.32. The summed E-state index contributed by atoms with van der Waals surface area (Å²) in [5, 5.41) is 17.7. The predicted molar refractivity (Wildman–Crippen MR) is 82.1 cm³/mol. The summed E-state index contributed by atoms with van der Waals surface area (Å²) in [5.41, 5.74) is 0.489. The van der Waals surface area contributed by atoms with Gasteiger partial charge >= 0.3 is 5.97 Å². The summed E-state index contributed by atoms with van der Waals surface area (Å²) in [5.74, 6) is -1.69. The summed E-state index contributed by atoms with van der Waals surface area (Å²) >= 11 is 0. The lowest BCUT2D eigenvalue weighted by atomic mass is 10.1. The van der Waals surface area contributed by atoms with Crippen LogP contribution in [0.2, 0.25) is 0 Å². The smallest absolute Gasteiger partial charge is 0.339 e. The number of aromatic nitrogens is 2. The summed E-state index contributed by atoms with van der Waals surface area (Å²) in [7, 11) is 1.53. The number of carbonyl (C=O) groups excluding carboxylic acids is 1. The summed E-state index contributed by atoms with van der Waals surface area (Å²) in [6, 6.07) is 13.3. The van der Waals surface area contributed by atoms with Crippen molar-refractivity contribution < 1.29 is 14.7 Å². The van der Waals surface area contributed by atoms with Crippen LogP contribution in [0.5, 0.6) is 0 Å². The maximum absolute atomic E-state index is 12.3. The Balaban J connectivity index is 1.93. The molecule has 110 valence electrons. The molecule has 0 atom stereocenters. The molecule has 1 heterocycles. The molecule has 6 nitrogen and oxygen atoms in total. The van der Waals surface area contributed by atoms with Gasteiger partial charge < -0.3 is 10.4 Å². The fraction of sp³-hybridized carbons (Fsp3) is 0.0625. The second-order valence-electron chi connectivity index (χ2n) is 4.85. The molecular formula is C16H13N3O3. The lowest BCUT2D eigenvalue weighted by molar-refractivity contribution is 0.0692. The quantitative estimate of drug-likeness (QED) is 0.777. The van der Waals surface area contributed by atoms with Crippen molar-refractivity contribution >= 4 is 28.3 Å². The van der Waals surface area contributed by atoms with Crippen LogP contribution in [0.1, 0.15) is 20.8 Å². The Bertz CT molecular complexity index is 883. The number of nitrogens with zero attached hydrogens (tertiary/aromatic N) is 2. The zero-order valence-electron chi connectivity index (χ0n) is 11.8. The van der Waals surface area contributed by atoms with Crippen LogP contribution in [0.4, 0.5) is 5.69 Å². The second kappa shape index (κ2) is 5.33. The van der Waals surface area contributed by atoms with Crippen LogP contribution < -0.4 is 5.32 Å². The van der Waals surface area contributed by atoms with E-state index in [9.17, 15) is 9.59 Å². The Morgan fingerprint density at radius 3 is 2.59 bits per heavy atom. The van der Waals surface area contributed by atoms with Gasteiger partial charge in [0, 0.05) is 12.7 Å². The van der Waals surface area contributed by atoms with Crippen molar-refractivity contribution in [1.29, 1.82) is 0 Å². The summed E-state index contributed by atoms with van der Waals surface area (Å²) < 4.78 is 1.25. The van der Waals surface area contributed by atoms with Crippen LogP contribution in [0.25, 0.3) is 10.8 Å². The third-order valence-corrected chi connectivity index (χ3v) is 3.39. The number of carboxylic acid groups (broad SMARTS) is 1. The lowest BCUT2D eigenvalue weighted by Gasteiger charge is -2.07. The van der Waals surface area contributed by atoms with Gasteiger partial charge in [-0.3, -0.25) is 9.48 Å². The van der Waals surface area contributed by atoms with E-state index in [0.717, 1.165) is 17.0 Å². The SMILES string of the molecule is Cn1ncc(C(=O)O)c1C(=O)Nc1ccc2ccccc2c1. The number of benzene rings is 2. The number of aryl methyl sites for hydroxylation is 1. The number of aromatic carboxylic acids is 1. The second-order valence-corrected chi connectivity index (χ2v) is 4.85. The van der Waals surface area contributed by atoms with Gasteiger partial charge in [-0.25, -0.2) is 4.79 Å². The monoisotopic (exact) mass is 295 g/mol. The highest BCUT2D eigenvalue weighted by atomic mass is 16.4. The number of anilines is 1. The molecule has 0 aliphatic carbocycles. The van der Waals surface area contributed by atoms with Crippen LogP contribution in [0.15, 0.2) is 48.7 Å². The van der Waals surface area contributed by atoms with Crippen molar-refractivity contribution in [2.24, 2.45) is 7.05 Å². The molecule has 6 heteroatoms. The van der Waals surface area contributed by atoms with Crippen LogP contribution in [-0.4, -0.2) is 26.8 Å². The first-order valence-electron chi connectivity index (χ1n) is 6.61. The lowest BCUT2D eigenvalue weighted by Crippen LogP contribution is -2.19. The number of nitrogens with one attached hydrogen (secondary N) is 1. The number of hydrogen-bond acceptors (Lipinski definition) is 3. The maximum Gasteiger partial charge on any atom is 0.339 e. The average Bonchev–Trinajstić information content (AvgIpc) is 2.89. The molecule has 1 aromatic heterocycles. The largest absolute Gasteiger partial charge is 0.478 e. The topological polar surface area (TPSA) is 84.2 Å². The molecule has 0 radical (unpaired) electrons. The van der Waals surface area contributed by atoms with Gasteiger partial charge in [-0.1, -0.05) is 30.3 Å². The van der Waals surface area contributed by atoms with Crippen LogP contribution in [0, 0.1) is 0 Å². The van der Waals surface area contributed by atoms with Gasteiger partial charge in [-0.05, 0) is 22.9 Å². The van der Waals surface area contributed by atoms with E-state index < -0.39 is 11.9 Å². The molecule has 0 bridgehead atoms. The standard InChI is InChI=1S/C16H13N3O3/c1-19-14(13(9-17-19)16(21)22)15(20)18-12-7-6-10-4-2-3-5-11(10)8-12/h2-9H,1H3,(H,18,20)(H,21,22). The Kier molecular flexibility index (Phi) is 3.34. The number of amides is 1. The summed E-state index contributed by atoms with van der Waals surface area (Å²) in [4.78, 5) is 23.5. The third kappa shape index (κ3) is 2.42. The molecule has 3 aromatic rings. The summed E-state index contributed by atoms with van der Waals surface area (Å²) in [6.45, 7) is 0. The highest BCUT2D eigenvalue weighted by Crippen LogP contribution is 2.20. The maximum atomic E-state index is 12.3. The van der Waals surface area contributed by atoms with Crippen molar-refractivity contribution in [3.8, 4) is 0 Å². The Morgan fingerprint density at radius 2 is 1.86 bits per heavy atom. The van der Waals surface area contributed by atoms with E-state index in [1.165, 1.54) is 11.7 Å². The van der Waals surface area contributed by atoms with E-state index in [-0.39, 0.29) is 11.3 Å². The van der Waals surface area contributed by atoms with Crippen LogP contribution >= 0.6 is 0 Å². The molecular weight excluding hydrogens is 282 g/mol. The van der Waals surface area contributed by atoms with E-state index in [1.54, 1.807) is 6.07 Å². The molecule has 0 saturated carbocycles. The molecule has 2 aromatic carbocycles. The van der Waals surface area contributed by atoms with Gasteiger partial charge in [0.25, 0.3) is 5.91 Å². The molecule has 0 aliphatic heterocycles. The highest BCUT2D eigenvalue weighted by molar-refractivity contribution is 6.10. The molecule has 0 fully saturated rings. The van der Waals surface area contributed by atoms with Crippen LogP contribution in [0.3, 0.4) is 0 Å². The van der Waals surface area contributed by atoms with Crippen molar-refractivity contribution in [3.63, 3.8) is 0 Å². The molecule has 1 amide bonds. The fourth-order valence-electron chi connectivity index (χ4n) is 2.32. The first-order chi connectivity index (χ1) is 10.6. The Morgan fingerprint density at radius 1 is 1.14 bits per heavy atom. The van der Waals surface area contributed by atoms with E-state index >= 15 is 0 Å². The first-order valence-corrected chi connectivity index (χ1v) is 6.61. The van der Waals surface area contributed by atoms with Gasteiger partial charge in [-0.15, -0.1) is 0 Å². The van der Waals surface area contributed by atoms with E-state index in [1.807, 2.05) is 36.4 Å². The minimum absolute atomic E-state index is 0.0145. The highest BCUT2D eigenvalue weighted by Gasteiger charge is 2.21. The van der Waals surface area contributed by atoms with Gasteiger partial charge in [-0.2, -0.15) is 5.10 Å². The van der Waals surface area contributed by atoms with Crippen molar-refractivity contribution in [2.45, 2.75) is 0 Å². The Labute approximate surface area is 126 Å². The van der Waals surface area contributed by atoms with E-state index in [2.05, 4.69) is 10.4 Å². The first kappa shape index (κ1) is 13.8. The van der Waals surface area contributed by atoms with Gasteiger partial charge in [0.15, 0.2) is 0 Å². The number of fused-ring (bicyclic) bond motifs is 1. The minimum Gasteiger partial charge on any atom is -0.478 e. The normalized spacial score (nSPS) is 10.6. The van der Waals surface area contributed by atoms with Crippen molar-refractivity contribution in [1.82, 2.24) is 9.78 Å². The molecule has 0 unspecified atom stereocenters. The van der Waals surface area contributed by atoms with Gasteiger partial charge in [0.1, 0.15) is 11.3 Å². The summed E-state index contributed by atoms with van der Waals surface area (Å²) in [6.07, 6.45) is 1.16. The van der Waals surface area contributed by atoms with Crippen LogP contribution in [-0.2, 0) is 7.05 Å². The number of rotatable bonds is 3. The molecule has 2 N–H and O–H groups in total.